The Morgan fingerprint density at radius 1 is 1.18 bits per heavy atom. The lowest BCUT2D eigenvalue weighted by Gasteiger charge is -2.07. The Labute approximate surface area is 189 Å². The summed E-state index contributed by atoms with van der Waals surface area (Å²) < 4.78 is 0. The molecule has 0 bridgehead atoms. The van der Waals surface area contributed by atoms with Crippen LogP contribution < -0.4 is 10.6 Å². The zero-order valence-electron chi connectivity index (χ0n) is 17.6. The Kier molecular flexibility index (Phi) is 6.21. The number of H-pyrrole nitrogens is 2. The van der Waals surface area contributed by atoms with Gasteiger partial charge in [-0.1, -0.05) is 12.6 Å². The molecular formula is C24H21N7O2. The van der Waals surface area contributed by atoms with Crippen LogP contribution in [0.1, 0.15) is 21.7 Å². The van der Waals surface area contributed by atoms with E-state index in [2.05, 4.69) is 37.4 Å². The third kappa shape index (κ3) is 4.77. The Morgan fingerprint density at radius 3 is 2.88 bits per heavy atom. The molecule has 0 spiro atoms. The first-order chi connectivity index (χ1) is 16.1. The van der Waals surface area contributed by atoms with Crippen LogP contribution in [-0.2, 0) is 11.3 Å². The summed E-state index contributed by atoms with van der Waals surface area (Å²) in [5.41, 5.74) is 5.01. The van der Waals surface area contributed by atoms with E-state index >= 15 is 0 Å². The van der Waals surface area contributed by atoms with E-state index in [1.165, 1.54) is 12.3 Å². The molecule has 5 N–H and O–H groups in total. The molecule has 4 rings (SSSR count). The molecule has 0 aliphatic heterocycles. The van der Waals surface area contributed by atoms with E-state index in [0.29, 0.717) is 16.9 Å². The van der Waals surface area contributed by atoms with E-state index in [9.17, 15) is 9.59 Å². The number of pyridine rings is 1. The predicted octanol–water partition coefficient (Wildman–Crippen LogP) is 3.67. The van der Waals surface area contributed by atoms with Crippen molar-refractivity contribution in [1.82, 2.24) is 25.5 Å². The summed E-state index contributed by atoms with van der Waals surface area (Å²) in [7, 11) is 0. The van der Waals surface area contributed by atoms with E-state index in [1.807, 2.05) is 12.1 Å². The van der Waals surface area contributed by atoms with Gasteiger partial charge in [0.15, 0.2) is 0 Å². The number of allylic oxidation sites excluding steroid dienone is 1. The Bertz CT molecular complexity index is 1380. The molecule has 0 aliphatic carbocycles. The van der Waals surface area contributed by atoms with Crippen molar-refractivity contribution in [2.45, 2.75) is 6.54 Å². The summed E-state index contributed by atoms with van der Waals surface area (Å²) in [6.45, 7) is 3.69. The van der Waals surface area contributed by atoms with Crippen LogP contribution in [0.5, 0.6) is 0 Å². The van der Waals surface area contributed by atoms with Crippen molar-refractivity contribution in [2.24, 2.45) is 0 Å². The highest BCUT2D eigenvalue weighted by Gasteiger charge is 2.13. The molecule has 0 saturated carbocycles. The van der Waals surface area contributed by atoms with Crippen LogP contribution in [-0.4, -0.2) is 38.2 Å². The molecule has 4 aromatic rings. The zero-order chi connectivity index (χ0) is 23.2. The number of carbonyl (C=O) groups excluding carboxylic acids is 2. The van der Waals surface area contributed by atoms with Crippen LogP contribution in [0.4, 0.5) is 5.69 Å². The number of amides is 2. The number of fused-ring (bicyclic) bond motifs is 1. The van der Waals surface area contributed by atoms with Gasteiger partial charge in [-0.05, 0) is 54.1 Å². The smallest absolute Gasteiger partial charge is 0.251 e. The number of anilines is 1. The molecule has 0 unspecified atom stereocenters. The van der Waals surface area contributed by atoms with Crippen molar-refractivity contribution in [2.75, 3.05) is 5.32 Å². The number of nitrogens with zero attached hydrogens (tertiary/aromatic N) is 2. The van der Waals surface area contributed by atoms with Gasteiger partial charge in [-0.25, -0.2) is 4.98 Å². The molecule has 9 heteroatoms. The van der Waals surface area contributed by atoms with Gasteiger partial charge in [-0.2, -0.15) is 5.10 Å². The first-order valence-corrected chi connectivity index (χ1v) is 10.1. The minimum Gasteiger partial charge on any atom is -0.346 e. The van der Waals surface area contributed by atoms with Gasteiger partial charge in [0.25, 0.3) is 5.91 Å². The molecule has 164 valence electrons. The third-order valence-corrected chi connectivity index (χ3v) is 4.92. The summed E-state index contributed by atoms with van der Waals surface area (Å²) in [6.07, 6.45) is 9.20. The number of carbonyl (C=O) groups is 2. The summed E-state index contributed by atoms with van der Waals surface area (Å²) in [5, 5.41) is 20.6. The largest absolute Gasteiger partial charge is 0.346 e. The third-order valence-electron chi connectivity index (χ3n) is 4.92. The molecule has 0 aliphatic rings. The van der Waals surface area contributed by atoms with Crippen molar-refractivity contribution in [1.29, 1.82) is 5.41 Å². The number of aromatic nitrogens is 4. The van der Waals surface area contributed by atoms with E-state index in [-0.39, 0.29) is 18.4 Å². The number of hydrogen-bond donors (Lipinski definition) is 5. The minimum absolute atomic E-state index is 0.268. The maximum absolute atomic E-state index is 12.6. The van der Waals surface area contributed by atoms with Gasteiger partial charge in [-0.15, -0.1) is 0 Å². The molecule has 0 saturated heterocycles. The average molecular weight is 439 g/mol. The molecular weight excluding hydrogens is 418 g/mol. The Morgan fingerprint density at radius 2 is 2.06 bits per heavy atom. The lowest BCUT2D eigenvalue weighted by molar-refractivity contribution is -0.111. The second-order valence-electron chi connectivity index (χ2n) is 7.10. The molecule has 0 fully saturated rings. The van der Waals surface area contributed by atoms with E-state index < -0.39 is 0 Å². The van der Waals surface area contributed by atoms with E-state index in [0.717, 1.165) is 27.9 Å². The SMILES string of the molecule is C=CC(=O)Nc1cccc(C(=O)NCc2cc3c(-c4cn[nH]c4/C=C\C=N)ccnc3[nH]2)c1. The van der Waals surface area contributed by atoms with Crippen LogP contribution in [0.25, 0.3) is 28.2 Å². The molecule has 2 amide bonds. The lowest BCUT2D eigenvalue weighted by atomic mass is 10.0. The minimum atomic E-state index is -0.344. The van der Waals surface area contributed by atoms with Gasteiger partial charge in [0.2, 0.25) is 5.91 Å². The second kappa shape index (κ2) is 9.56. The summed E-state index contributed by atoms with van der Waals surface area (Å²) in [5.74, 6) is -0.617. The van der Waals surface area contributed by atoms with Crippen LogP contribution in [0.3, 0.4) is 0 Å². The van der Waals surface area contributed by atoms with Gasteiger partial charge < -0.3 is 21.0 Å². The molecule has 3 heterocycles. The number of aromatic amines is 2. The summed E-state index contributed by atoms with van der Waals surface area (Å²) >= 11 is 0. The highest BCUT2D eigenvalue weighted by molar-refractivity contribution is 6.01. The topological polar surface area (TPSA) is 139 Å². The molecule has 1 aromatic carbocycles. The fourth-order valence-electron chi connectivity index (χ4n) is 3.40. The van der Waals surface area contributed by atoms with Gasteiger partial charge in [0.05, 0.1) is 18.4 Å². The fraction of sp³-hybridized carbons (Fsp3) is 0.0417. The van der Waals surface area contributed by atoms with Gasteiger partial charge in [-0.3, -0.25) is 14.7 Å². The van der Waals surface area contributed by atoms with Crippen molar-refractivity contribution >= 4 is 40.8 Å². The number of rotatable bonds is 8. The van der Waals surface area contributed by atoms with Gasteiger partial charge in [0.1, 0.15) is 5.65 Å². The maximum atomic E-state index is 12.6. The number of benzene rings is 1. The number of nitrogens with one attached hydrogen (secondary N) is 5. The predicted molar refractivity (Wildman–Crippen MR) is 128 cm³/mol. The average Bonchev–Trinajstić information content (AvgIpc) is 3.47. The monoisotopic (exact) mass is 439 g/mol. The maximum Gasteiger partial charge on any atom is 0.251 e. The van der Waals surface area contributed by atoms with Crippen LogP contribution in [0.15, 0.2) is 67.5 Å². The first kappa shape index (κ1) is 21.4. The van der Waals surface area contributed by atoms with E-state index in [4.69, 9.17) is 5.41 Å². The molecule has 0 radical (unpaired) electrons. The van der Waals surface area contributed by atoms with Crippen molar-refractivity contribution in [3.8, 4) is 11.1 Å². The molecule has 0 atom stereocenters. The van der Waals surface area contributed by atoms with Gasteiger partial charge >= 0.3 is 0 Å². The zero-order valence-corrected chi connectivity index (χ0v) is 17.6. The fourth-order valence-corrected chi connectivity index (χ4v) is 3.40. The van der Waals surface area contributed by atoms with Crippen molar-refractivity contribution < 1.29 is 9.59 Å². The summed E-state index contributed by atoms with van der Waals surface area (Å²) in [4.78, 5) is 31.7. The second-order valence-corrected chi connectivity index (χ2v) is 7.10. The van der Waals surface area contributed by atoms with E-state index in [1.54, 1.807) is 48.8 Å². The standard InChI is InChI=1S/C24H21N7O2/c1-2-22(32)29-16-6-3-5-15(11-16)24(33)27-13-17-12-19-18(8-10-26-23(19)30-17)20-14-28-31-21(20)7-4-9-25/h2-12,14,25H,1,13H2,(H,26,30)(H,27,33)(H,28,31)(H,29,32)/b7-4-,25-9?. The molecule has 9 nitrogen and oxygen atoms in total. The highest BCUT2D eigenvalue weighted by Crippen LogP contribution is 2.30. The Hall–Kier alpha value is -4.79. The number of hydrogen-bond acceptors (Lipinski definition) is 5. The van der Waals surface area contributed by atoms with Crippen molar-refractivity contribution in [3.05, 3.63) is 84.5 Å². The molecule has 3 aromatic heterocycles. The first-order valence-electron chi connectivity index (χ1n) is 10.1. The lowest BCUT2D eigenvalue weighted by Crippen LogP contribution is -2.23. The van der Waals surface area contributed by atoms with Crippen LogP contribution in [0, 0.1) is 5.41 Å². The van der Waals surface area contributed by atoms with Gasteiger partial charge in [0, 0.05) is 40.3 Å². The Balaban J connectivity index is 1.53. The highest BCUT2D eigenvalue weighted by atomic mass is 16.2. The quantitative estimate of drug-likeness (QED) is 0.211. The van der Waals surface area contributed by atoms with Crippen LogP contribution in [0.2, 0.25) is 0 Å². The normalized spacial score (nSPS) is 10.9. The summed E-state index contributed by atoms with van der Waals surface area (Å²) in [6, 6.07) is 10.5. The molecule has 33 heavy (non-hydrogen) atoms. The van der Waals surface area contributed by atoms with Crippen molar-refractivity contribution in [3.63, 3.8) is 0 Å². The van der Waals surface area contributed by atoms with Crippen LogP contribution >= 0.6 is 0 Å².